The van der Waals surface area contributed by atoms with Crippen LogP contribution in [0.4, 0.5) is 5.95 Å². The van der Waals surface area contributed by atoms with Gasteiger partial charge in [0, 0.05) is 18.9 Å². The van der Waals surface area contributed by atoms with Crippen molar-refractivity contribution < 1.29 is 19.0 Å². The molecule has 0 amide bonds. The average molecular weight is 303 g/mol. The maximum Gasteiger partial charge on any atom is 0.341 e. The van der Waals surface area contributed by atoms with E-state index in [1.807, 2.05) is 18.2 Å². The molecular weight excluding hydrogens is 286 g/mol. The van der Waals surface area contributed by atoms with Gasteiger partial charge in [-0.1, -0.05) is 6.07 Å². The summed E-state index contributed by atoms with van der Waals surface area (Å²) in [6.45, 7) is 0.512. The van der Waals surface area contributed by atoms with Crippen LogP contribution in [0.1, 0.15) is 15.9 Å². The minimum Gasteiger partial charge on any atom is -0.493 e. The topological polar surface area (TPSA) is 82.6 Å². The van der Waals surface area contributed by atoms with Gasteiger partial charge in [-0.25, -0.2) is 14.8 Å². The van der Waals surface area contributed by atoms with Crippen molar-refractivity contribution in [3.8, 4) is 11.5 Å². The van der Waals surface area contributed by atoms with Crippen LogP contribution in [0.2, 0.25) is 0 Å². The molecule has 1 heterocycles. The van der Waals surface area contributed by atoms with E-state index in [-0.39, 0.29) is 0 Å². The summed E-state index contributed by atoms with van der Waals surface area (Å²) in [5, 5.41) is 3.06. The van der Waals surface area contributed by atoms with E-state index in [0.717, 1.165) is 5.56 Å². The first-order chi connectivity index (χ1) is 10.7. The number of nitrogens with one attached hydrogen (secondary N) is 1. The number of esters is 1. The normalized spacial score (nSPS) is 9.95. The number of rotatable bonds is 6. The van der Waals surface area contributed by atoms with E-state index in [0.29, 0.717) is 29.6 Å². The first kappa shape index (κ1) is 15.6. The monoisotopic (exact) mass is 303 g/mol. The lowest BCUT2D eigenvalue weighted by Crippen LogP contribution is -2.07. The van der Waals surface area contributed by atoms with Gasteiger partial charge < -0.3 is 19.5 Å². The zero-order chi connectivity index (χ0) is 15.9. The standard InChI is InChI=1S/C15H17N3O4/c1-20-12-5-4-10(6-13(12)21-2)7-16-15-17-8-11(9-18-15)14(19)22-3/h4-6,8-9H,7H2,1-3H3,(H,16,17,18). The van der Waals surface area contributed by atoms with Crippen molar-refractivity contribution in [3.05, 3.63) is 41.7 Å². The van der Waals surface area contributed by atoms with E-state index in [1.165, 1.54) is 19.5 Å². The highest BCUT2D eigenvalue weighted by Crippen LogP contribution is 2.27. The van der Waals surface area contributed by atoms with Crippen molar-refractivity contribution in [1.29, 1.82) is 0 Å². The Morgan fingerprint density at radius 2 is 1.77 bits per heavy atom. The maximum absolute atomic E-state index is 11.3. The van der Waals surface area contributed by atoms with Gasteiger partial charge in [-0.05, 0) is 17.7 Å². The molecule has 2 aromatic rings. The molecule has 0 spiro atoms. The van der Waals surface area contributed by atoms with Crippen LogP contribution in [0.25, 0.3) is 0 Å². The van der Waals surface area contributed by atoms with Crippen LogP contribution in [0.3, 0.4) is 0 Å². The number of carbonyl (C=O) groups is 1. The average Bonchev–Trinajstić information content (AvgIpc) is 2.59. The minimum atomic E-state index is -0.466. The molecule has 7 heteroatoms. The Morgan fingerprint density at radius 3 is 2.36 bits per heavy atom. The summed E-state index contributed by atoms with van der Waals surface area (Å²) in [5.74, 6) is 1.28. The van der Waals surface area contributed by atoms with Gasteiger partial charge in [-0.2, -0.15) is 0 Å². The lowest BCUT2D eigenvalue weighted by Gasteiger charge is -2.10. The highest BCUT2D eigenvalue weighted by atomic mass is 16.5. The molecule has 22 heavy (non-hydrogen) atoms. The molecule has 0 fully saturated rings. The molecule has 0 radical (unpaired) electrons. The predicted molar refractivity (Wildman–Crippen MR) is 80.2 cm³/mol. The third-order valence-corrected chi connectivity index (χ3v) is 2.97. The molecule has 0 aliphatic carbocycles. The number of nitrogens with zero attached hydrogens (tertiary/aromatic N) is 2. The van der Waals surface area contributed by atoms with Gasteiger partial charge in [0.1, 0.15) is 0 Å². The van der Waals surface area contributed by atoms with Gasteiger partial charge in [0.15, 0.2) is 11.5 Å². The molecule has 1 aromatic heterocycles. The first-order valence-corrected chi connectivity index (χ1v) is 6.53. The molecule has 0 saturated carbocycles. The van der Waals surface area contributed by atoms with Crippen LogP contribution in [-0.2, 0) is 11.3 Å². The fraction of sp³-hybridized carbons (Fsp3) is 0.267. The summed E-state index contributed by atoms with van der Waals surface area (Å²) in [4.78, 5) is 19.4. The highest BCUT2D eigenvalue weighted by Gasteiger charge is 2.07. The van der Waals surface area contributed by atoms with E-state index < -0.39 is 5.97 Å². The highest BCUT2D eigenvalue weighted by molar-refractivity contribution is 5.88. The van der Waals surface area contributed by atoms with E-state index in [9.17, 15) is 4.79 Å². The smallest absolute Gasteiger partial charge is 0.341 e. The number of hydrogen-bond acceptors (Lipinski definition) is 7. The molecule has 0 aliphatic heterocycles. The summed E-state index contributed by atoms with van der Waals surface area (Å²) in [5.41, 5.74) is 1.29. The summed E-state index contributed by atoms with van der Waals surface area (Å²) in [6, 6.07) is 5.61. The fourth-order valence-electron chi connectivity index (χ4n) is 1.81. The fourth-order valence-corrected chi connectivity index (χ4v) is 1.81. The number of anilines is 1. The van der Waals surface area contributed by atoms with Crippen molar-refractivity contribution >= 4 is 11.9 Å². The van der Waals surface area contributed by atoms with Gasteiger partial charge >= 0.3 is 5.97 Å². The van der Waals surface area contributed by atoms with Gasteiger partial charge in [0.25, 0.3) is 0 Å². The molecule has 116 valence electrons. The number of ether oxygens (including phenoxy) is 3. The van der Waals surface area contributed by atoms with Gasteiger partial charge in [-0.15, -0.1) is 0 Å². The molecular formula is C15H17N3O4. The second kappa shape index (κ2) is 7.26. The van der Waals surface area contributed by atoms with E-state index in [4.69, 9.17) is 9.47 Å². The quantitative estimate of drug-likeness (QED) is 0.816. The van der Waals surface area contributed by atoms with Crippen LogP contribution >= 0.6 is 0 Å². The van der Waals surface area contributed by atoms with Gasteiger partial charge in [0.05, 0.1) is 26.9 Å². The molecule has 0 bridgehead atoms. The Bertz CT molecular complexity index is 644. The van der Waals surface area contributed by atoms with E-state index >= 15 is 0 Å². The van der Waals surface area contributed by atoms with Crippen LogP contribution in [0, 0.1) is 0 Å². The van der Waals surface area contributed by atoms with E-state index in [2.05, 4.69) is 20.0 Å². The van der Waals surface area contributed by atoms with Crippen molar-refractivity contribution in [2.45, 2.75) is 6.54 Å². The second-order valence-electron chi connectivity index (χ2n) is 4.33. The first-order valence-electron chi connectivity index (χ1n) is 6.53. The Balaban J connectivity index is 2.02. The molecule has 1 aromatic carbocycles. The van der Waals surface area contributed by atoms with Gasteiger partial charge in [-0.3, -0.25) is 0 Å². The Morgan fingerprint density at radius 1 is 1.09 bits per heavy atom. The third-order valence-electron chi connectivity index (χ3n) is 2.97. The zero-order valence-corrected chi connectivity index (χ0v) is 12.6. The number of methoxy groups -OCH3 is 3. The van der Waals surface area contributed by atoms with E-state index in [1.54, 1.807) is 14.2 Å². The maximum atomic E-state index is 11.3. The van der Waals surface area contributed by atoms with Crippen molar-refractivity contribution in [2.75, 3.05) is 26.6 Å². The Kier molecular flexibility index (Phi) is 5.13. The van der Waals surface area contributed by atoms with Gasteiger partial charge in [0.2, 0.25) is 5.95 Å². The number of hydrogen-bond donors (Lipinski definition) is 1. The summed E-state index contributed by atoms with van der Waals surface area (Å²) >= 11 is 0. The Hall–Kier alpha value is -2.83. The third kappa shape index (κ3) is 3.63. The molecule has 0 aliphatic rings. The molecule has 7 nitrogen and oxygen atoms in total. The predicted octanol–water partition coefficient (Wildman–Crippen LogP) is 1.89. The molecule has 0 atom stereocenters. The Labute approximate surface area is 128 Å². The summed E-state index contributed by atoms with van der Waals surface area (Å²) in [6.07, 6.45) is 2.82. The molecule has 1 N–H and O–H groups in total. The zero-order valence-electron chi connectivity index (χ0n) is 12.6. The number of aromatic nitrogens is 2. The van der Waals surface area contributed by atoms with Crippen molar-refractivity contribution in [2.24, 2.45) is 0 Å². The summed E-state index contributed by atoms with van der Waals surface area (Å²) < 4.78 is 15.0. The SMILES string of the molecule is COC(=O)c1cnc(NCc2ccc(OC)c(OC)c2)nc1. The van der Waals surface area contributed by atoms with Crippen LogP contribution in [-0.4, -0.2) is 37.3 Å². The second-order valence-corrected chi connectivity index (χ2v) is 4.33. The minimum absolute atomic E-state index is 0.305. The molecule has 0 unspecified atom stereocenters. The summed E-state index contributed by atoms with van der Waals surface area (Å²) in [7, 11) is 4.49. The lowest BCUT2D eigenvalue weighted by molar-refractivity contribution is 0.0600. The number of carbonyl (C=O) groups excluding carboxylic acids is 1. The van der Waals surface area contributed by atoms with Crippen molar-refractivity contribution in [3.63, 3.8) is 0 Å². The van der Waals surface area contributed by atoms with Crippen LogP contribution in [0.15, 0.2) is 30.6 Å². The molecule has 2 rings (SSSR count). The molecule has 0 saturated heterocycles. The lowest BCUT2D eigenvalue weighted by atomic mass is 10.2. The van der Waals surface area contributed by atoms with Crippen molar-refractivity contribution in [1.82, 2.24) is 9.97 Å². The van der Waals surface area contributed by atoms with Crippen LogP contribution in [0.5, 0.6) is 11.5 Å². The largest absolute Gasteiger partial charge is 0.493 e. The van der Waals surface area contributed by atoms with Crippen LogP contribution < -0.4 is 14.8 Å². The number of benzene rings is 1.